The van der Waals surface area contributed by atoms with Gasteiger partial charge < -0.3 is 30.3 Å². The molecule has 22 nitrogen and oxygen atoms in total. The Bertz CT molecular complexity index is 2490. The van der Waals surface area contributed by atoms with Crippen molar-refractivity contribution in [1.82, 2.24) is 10.6 Å². The maximum atomic E-state index is 14.2. The number of fused-ring (bicyclic) bond motifs is 10. The van der Waals surface area contributed by atoms with Crippen LogP contribution in [0.5, 0.6) is 0 Å². The number of nitrogens with one attached hydrogen (secondary N) is 2. The van der Waals surface area contributed by atoms with Gasteiger partial charge in [-0.2, -0.15) is 0 Å². The third kappa shape index (κ3) is 5.56. The molecule has 8 atom stereocenters. The zero-order valence-electron chi connectivity index (χ0n) is 31.4. The van der Waals surface area contributed by atoms with Crippen LogP contribution in [0.2, 0.25) is 0 Å². The highest BCUT2D eigenvalue weighted by Gasteiger charge is 2.69. The van der Waals surface area contributed by atoms with Crippen LogP contribution >= 0.6 is 0 Å². The number of benzene rings is 3. The fourth-order valence-corrected chi connectivity index (χ4v) is 9.52. The standard InChI is InChI=1S/C40H28N6O16/c47-31(25-19(37(53)54)6-2-8-21(25)45(57)58)41-15-39-12-10-23(61-39)27-29(39)35(51)43(33(27)49)17-4-1-5-18(14-17)44-34(50)28-24-11-13-40(62-24,30(28)36(44)52)16-42-32(48)26-20(38(55)56)7-3-9-22(26)46(59)60/h1-14,23-24,27-30H,15-16H2,(H,41,47)(H,42,48)(H,53,54)(H,55,56). The Balaban J connectivity index is 0.947. The third-order valence-corrected chi connectivity index (χ3v) is 12.1. The summed E-state index contributed by atoms with van der Waals surface area (Å²) in [5, 5.41) is 47.5. The van der Waals surface area contributed by atoms with E-state index in [1.165, 1.54) is 48.6 Å². The lowest BCUT2D eigenvalue weighted by Gasteiger charge is -2.29. The lowest BCUT2D eigenvalue weighted by Crippen LogP contribution is -2.49. The van der Waals surface area contributed by atoms with Crippen molar-refractivity contribution in [2.24, 2.45) is 23.7 Å². The first-order chi connectivity index (χ1) is 29.5. The van der Waals surface area contributed by atoms with Gasteiger partial charge in [0.05, 0.1) is 81.3 Å². The number of rotatable bonds is 12. The molecule has 4 N–H and O–H groups in total. The molecular weight excluding hydrogens is 820 g/mol. The van der Waals surface area contributed by atoms with Gasteiger partial charge in [-0.25, -0.2) is 19.4 Å². The quantitative estimate of drug-likeness (QED) is 0.0866. The van der Waals surface area contributed by atoms with Crippen LogP contribution in [0.25, 0.3) is 0 Å². The van der Waals surface area contributed by atoms with Crippen molar-refractivity contribution in [2.75, 3.05) is 22.9 Å². The Kier molecular flexibility index (Phi) is 8.78. The Hall–Kier alpha value is -7.98. The number of nitro benzene ring substituents is 2. The highest BCUT2D eigenvalue weighted by atomic mass is 16.6. The van der Waals surface area contributed by atoms with E-state index in [4.69, 9.17) is 9.47 Å². The maximum Gasteiger partial charge on any atom is 0.336 e. The van der Waals surface area contributed by atoms with Crippen LogP contribution in [-0.4, -0.2) is 104 Å². The number of carbonyl (C=O) groups excluding carboxylic acids is 6. The summed E-state index contributed by atoms with van der Waals surface area (Å²) in [4.78, 5) is 130. The molecule has 0 radical (unpaired) electrons. The number of carboxylic acid groups (broad SMARTS) is 2. The van der Waals surface area contributed by atoms with Gasteiger partial charge in [-0.15, -0.1) is 0 Å². The van der Waals surface area contributed by atoms with Crippen LogP contribution in [0.15, 0.2) is 85.0 Å². The second-order valence-corrected chi connectivity index (χ2v) is 15.2. The summed E-state index contributed by atoms with van der Waals surface area (Å²) in [5.74, 6) is -13.0. The molecule has 314 valence electrons. The zero-order valence-corrected chi connectivity index (χ0v) is 31.4. The van der Waals surface area contributed by atoms with Crippen molar-refractivity contribution in [1.29, 1.82) is 0 Å². The Labute approximate surface area is 345 Å². The van der Waals surface area contributed by atoms with Crippen LogP contribution in [-0.2, 0) is 28.7 Å². The molecule has 0 aliphatic carbocycles. The highest BCUT2D eigenvalue weighted by Crippen LogP contribution is 2.54. The zero-order chi connectivity index (χ0) is 44.2. The molecule has 0 saturated carbocycles. The van der Waals surface area contributed by atoms with E-state index in [-0.39, 0.29) is 11.4 Å². The molecule has 0 spiro atoms. The number of anilines is 2. The molecule has 6 heterocycles. The number of carbonyl (C=O) groups is 8. The van der Waals surface area contributed by atoms with Gasteiger partial charge in [-0.3, -0.25) is 49.0 Å². The Morgan fingerprint density at radius 3 is 1.39 bits per heavy atom. The van der Waals surface area contributed by atoms with E-state index in [1.54, 1.807) is 0 Å². The van der Waals surface area contributed by atoms with Gasteiger partial charge in [0.1, 0.15) is 22.3 Å². The molecule has 4 fully saturated rings. The van der Waals surface area contributed by atoms with E-state index in [2.05, 4.69) is 10.6 Å². The normalized spacial score (nSPS) is 28.4. The van der Waals surface area contributed by atoms with E-state index >= 15 is 0 Å². The van der Waals surface area contributed by atoms with Crippen molar-refractivity contribution >= 4 is 70.1 Å². The second-order valence-electron chi connectivity index (χ2n) is 15.2. The summed E-state index contributed by atoms with van der Waals surface area (Å²) in [6.45, 7) is -0.972. The van der Waals surface area contributed by atoms with Gasteiger partial charge in [-0.05, 0) is 30.3 Å². The molecule has 22 heteroatoms. The molecule has 6 aliphatic rings. The van der Waals surface area contributed by atoms with Crippen LogP contribution < -0.4 is 20.4 Å². The van der Waals surface area contributed by atoms with E-state index < -0.39 is 151 Å². The molecule has 3 aromatic rings. The topological polar surface area (TPSA) is 312 Å². The van der Waals surface area contributed by atoms with Gasteiger partial charge >= 0.3 is 11.9 Å². The first-order valence-corrected chi connectivity index (χ1v) is 18.7. The minimum Gasteiger partial charge on any atom is -0.478 e. The third-order valence-electron chi connectivity index (χ3n) is 12.1. The maximum absolute atomic E-state index is 14.2. The fourth-order valence-electron chi connectivity index (χ4n) is 9.52. The number of nitrogens with zero attached hydrogens (tertiary/aromatic N) is 4. The fraction of sp³-hybridized carbons (Fsp3) is 0.250. The van der Waals surface area contributed by atoms with E-state index in [0.29, 0.717) is 0 Å². The molecule has 9 rings (SSSR count). The number of ether oxygens (including phenoxy) is 2. The number of hydrogen-bond donors (Lipinski definition) is 4. The minimum absolute atomic E-state index is 0.0211. The predicted octanol–water partition coefficient (Wildman–Crippen LogP) is 1.39. The molecule has 4 saturated heterocycles. The molecule has 3 aromatic carbocycles. The largest absolute Gasteiger partial charge is 0.478 e. The van der Waals surface area contributed by atoms with Crippen LogP contribution in [0, 0.1) is 43.9 Å². The molecular formula is C40H28N6O16. The first kappa shape index (κ1) is 39.5. The van der Waals surface area contributed by atoms with Crippen molar-refractivity contribution in [3.05, 3.63) is 127 Å². The van der Waals surface area contributed by atoms with E-state index in [0.717, 1.165) is 46.2 Å². The number of amides is 6. The number of aromatic carboxylic acids is 2. The number of imide groups is 2. The van der Waals surface area contributed by atoms with Crippen molar-refractivity contribution in [3.8, 4) is 0 Å². The molecule has 8 unspecified atom stereocenters. The monoisotopic (exact) mass is 848 g/mol. The van der Waals surface area contributed by atoms with Gasteiger partial charge in [-0.1, -0.05) is 42.5 Å². The number of hydrogen-bond acceptors (Lipinski definition) is 14. The minimum atomic E-state index is -1.62. The summed E-state index contributed by atoms with van der Waals surface area (Å²) in [5.41, 5.74) is -7.55. The average Bonchev–Trinajstić information content (AvgIpc) is 4.09. The summed E-state index contributed by atoms with van der Waals surface area (Å²) in [6, 6.07) is 11.7. The van der Waals surface area contributed by atoms with Crippen LogP contribution in [0.4, 0.5) is 22.7 Å². The lowest BCUT2D eigenvalue weighted by atomic mass is 9.77. The van der Waals surface area contributed by atoms with Crippen LogP contribution in [0.1, 0.15) is 41.4 Å². The van der Waals surface area contributed by atoms with E-state index in [1.807, 2.05) is 0 Å². The summed E-state index contributed by atoms with van der Waals surface area (Å²) in [6.07, 6.45) is 4.18. The van der Waals surface area contributed by atoms with Gasteiger partial charge in [0, 0.05) is 12.1 Å². The van der Waals surface area contributed by atoms with Gasteiger partial charge in [0.15, 0.2) is 0 Å². The average molecular weight is 849 g/mol. The van der Waals surface area contributed by atoms with E-state index in [9.17, 15) is 68.8 Å². The van der Waals surface area contributed by atoms with Crippen molar-refractivity contribution in [2.45, 2.75) is 23.4 Å². The Morgan fingerprint density at radius 2 is 1.02 bits per heavy atom. The lowest BCUT2D eigenvalue weighted by molar-refractivity contribution is -0.385. The van der Waals surface area contributed by atoms with Crippen LogP contribution in [0.3, 0.4) is 0 Å². The van der Waals surface area contributed by atoms with Crippen molar-refractivity contribution in [3.63, 3.8) is 0 Å². The SMILES string of the molecule is O=C(O)c1cccc([N+](=O)[O-])c1C(=O)NCC12C=CC(O1)C1C(=O)N(c3cccc(N4C(=O)C5C6C=CC(CNC(=O)c7c(C(=O)O)cccc7[N+](=O)[O-])(O6)C5C4=O)c3)C(=O)C12. The molecule has 6 amide bonds. The predicted molar refractivity (Wildman–Crippen MR) is 204 cm³/mol. The molecule has 6 aliphatic heterocycles. The summed E-state index contributed by atoms with van der Waals surface area (Å²) < 4.78 is 12.1. The smallest absolute Gasteiger partial charge is 0.336 e. The molecule has 62 heavy (non-hydrogen) atoms. The molecule has 0 aromatic heterocycles. The summed E-state index contributed by atoms with van der Waals surface area (Å²) in [7, 11) is 0. The first-order valence-electron chi connectivity index (χ1n) is 18.7. The Morgan fingerprint density at radius 1 is 0.629 bits per heavy atom. The van der Waals surface area contributed by atoms with Gasteiger partial charge in [0.25, 0.3) is 23.2 Å². The van der Waals surface area contributed by atoms with Crippen molar-refractivity contribution < 1.29 is 67.9 Å². The highest BCUT2D eigenvalue weighted by molar-refractivity contribution is 6.26. The second kappa shape index (κ2) is 13.8. The summed E-state index contributed by atoms with van der Waals surface area (Å²) >= 11 is 0. The molecule has 4 bridgehead atoms. The van der Waals surface area contributed by atoms with Gasteiger partial charge in [0.2, 0.25) is 23.6 Å². The number of nitro groups is 2. The number of carboxylic acids is 2.